The second kappa shape index (κ2) is 11.1. The maximum atomic E-state index is 13.0. The number of amides is 3. The lowest BCUT2D eigenvalue weighted by molar-refractivity contribution is -0.158. The van der Waals surface area contributed by atoms with Gasteiger partial charge in [-0.1, -0.05) is 6.92 Å². The number of fused-ring (bicyclic) bond motifs is 1. The molecule has 12 heteroatoms. The molecular weight excluding hydrogens is 484 g/mol. The van der Waals surface area contributed by atoms with Gasteiger partial charge in [0, 0.05) is 53.2 Å². The number of carboxylic acids is 1. The summed E-state index contributed by atoms with van der Waals surface area (Å²) in [5.41, 5.74) is 6.00. The van der Waals surface area contributed by atoms with Gasteiger partial charge in [0.15, 0.2) is 0 Å². The fraction of sp³-hybridized carbons (Fsp3) is 0.750. The quantitative estimate of drug-likeness (QED) is 0.201. The number of carbonyl (C=O) groups excluding carboxylic acids is 3. The van der Waals surface area contributed by atoms with Crippen molar-refractivity contribution in [1.82, 2.24) is 26.2 Å². The molecule has 0 radical (unpaired) electrons. The van der Waals surface area contributed by atoms with E-state index in [0.29, 0.717) is 18.0 Å². The molecular formula is C24H38N6O5S. The topological polar surface area (TPSA) is 166 Å². The van der Waals surface area contributed by atoms with E-state index in [1.807, 2.05) is 6.92 Å². The summed E-state index contributed by atoms with van der Waals surface area (Å²) in [6, 6.07) is -0.447. The number of aliphatic carboxylic acids is 1. The molecule has 200 valence electrons. The fourth-order valence-electron chi connectivity index (χ4n) is 6.08. The van der Waals surface area contributed by atoms with Crippen LogP contribution in [0.2, 0.25) is 0 Å². The lowest BCUT2D eigenvalue weighted by atomic mass is 9.78. The maximum absolute atomic E-state index is 13.0. The zero-order valence-corrected chi connectivity index (χ0v) is 21.9. The molecule has 0 aromatic rings. The maximum Gasteiger partial charge on any atom is 0.353 e. The van der Waals surface area contributed by atoms with Crippen LogP contribution in [0.3, 0.4) is 0 Å². The summed E-state index contributed by atoms with van der Waals surface area (Å²) in [5, 5.41) is 22.2. The van der Waals surface area contributed by atoms with Crippen LogP contribution in [0, 0.1) is 17.8 Å². The standard InChI is InChI=1S/C24H38N6O5S/c1-11-19-18(12(2)29-17(31)10-26-3)23(33)30(19)20(24(34)35)21(11)36-16-7-15(27-9-16)8-28-22(32)13-4-5-14(25)6-13/h11-16,18-19,26-27H,4-10,25H2,1-3H3,(H,28,32)(H,29,31)(H,34,35)/t11-,12-,13+,14-,15+,16+,18-,19-/m1/s1. The van der Waals surface area contributed by atoms with Crippen molar-refractivity contribution >= 4 is 35.5 Å². The molecule has 3 aliphatic heterocycles. The minimum absolute atomic E-state index is 0.00499. The predicted molar refractivity (Wildman–Crippen MR) is 136 cm³/mol. The van der Waals surface area contributed by atoms with Crippen LogP contribution in [0.15, 0.2) is 10.6 Å². The van der Waals surface area contributed by atoms with Gasteiger partial charge in [0.1, 0.15) is 5.70 Å². The Bertz CT molecular complexity index is 944. The second-order valence-corrected chi connectivity index (χ2v) is 11.9. The Labute approximate surface area is 215 Å². The van der Waals surface area contributed by atoms with E-state index in [9.17, 15) is 24.3 Å². The third-order valence-corrected chi connectivity index (χ3v) is 9.41. The Morgan fingerprint density at radius 3 is 2.67 bits per heavy atom. The molecule has 2 saturated heterocycles. The molecule has 7 N–H and O–H groups in total. The van der Waals surface area contributed by atoms with Crippen molar-refractivity contribution in [2.75, 3.05) is 26.7 Å². The molecule has 1 aliphatic carbocycles. The van der Waals surface area contributed by atoms with Crippen LogP contribution in [-0.4, -0.2) is 89.8 Å². The van der Waals surface area contributed by atoms with Crippen molar-refractivity contribution in [3.63, 3.8) is 0 Å². The summed E-state index contributed by atoms with van der Waals surface area (Å²) < 4.78 is 0. The molecule has 8 atom stereocenters. The number of nitrogens with one attached hydrogen (secondary N) is 4. The Balaban J connectivity index is 1.35. The molecule has 0 unspecified atom stereocenters. The van der Waals surface area contributed by atoms with Gasteiger partial charge in [-0.25, -0.2) is 4.79 Å². The van der Waals surface area contributed by atoms with E-state index >= 15 is 0 Å². The van der Waals surface area contributed by atoms with Gasteiger partial charge in [-0.2, -0.15) is 0 Å². The van der Waals surface area contributed by atoms with Crippen molar-refractivity contribution in [1.29, 1.82) is 0 Å². The zero-order valence-electron chi connectivity index (χ0n) is 21.1. The van der Waals surface area contributed by atoms with Crippen LogP contribution in [0.25, 0.3) is 0 Å². The predicted octanol–water partition coefficient (Wildman–Crippen LogP) is -0.809. The third-order valence-electron chi connectivity index (χ3n) is 7.90. The summed E-state index contributed by atoms with van der Waals surface area (Å²) in [6.45, 7) is 5.14. The van der Waals surface area contributed by atoms with Gasteiger partial charge in [0.25, 0.3) is 0 Å². The van der Waals surface area contributed by atoms with Crippen molar-refractivity contribution < 1.29 is 24.3 Å². The lowest BCUT2D eigenvalue weighted by Crippen LogP contribution is -2.66. The zero-order chi connectivity index (χ0) is 26.1. The minimum atomic E-state index is -1.10. The van der Waals surface area contributed by atoms with Gasteiger partial charge in [0.05, 0.1) is 18.5 Å². The molecule has 4 rings (SSSR count). The van der Waals surface area contributed by atoms with Crippen molar-refractivity contribution in [3.8, 4) is 0 Å². The number of likely N-dealkylation sites (N-methyl/N-ethyl adjacent to an activating group) is 1. The van der Waals surface area contributed by atoms with Gasteiger partial charge in [-0.15, -0.1) is 11.8 Å². The van der Waals surface area contributed by atoms with E-state index in [-0.39, 0.29) is 65.2 Å². The number of hydrogen-bond donors (Lipinski definition) is 6. The Hall–Kier alpha value is -2.15. The van der Waals surface area contributed by atoms with Crippen LogP contribution < -0.4 is 27.0 Å². The highest BCUT2D eigenvalue weighted by Crippen LogP contribution is 2.51. The highest BCUT2D eigenvalue weighted by molar-refractivity contribution is 8.03. The molecule has 0 bridgehead atoms. The highest BCUT2D eigenvalue weighted by atomic mass is 32.2. The van der Waals surface area contributed by atoms with E-state index in [0.717, 1.165) is 25.7 Å². The summed E-state index contributed by atoms with van der Waals surface area (Å²) in [6.07, 6.45) is 3.25. The van der Waals surface area contributed by atoms with Crippen LogP contribution in [-0.2, 0) is 19.2 Å². The van der Waals surface area contributed by atoms with E-state index < -0.39 is 17.9 Å². The molecule has 3 amide bonds. The molecule has 4 aliphatic rings. The largest absolute Gasteiger partial charge is 0.477 e. The Kier molecular flexibility index (Phi) is 8.28. The Morgan fingerprint density at radius 2 is 2.03 bits per heavy atom. The van der Waals surface area contributed by atoms with Crippen molar-refractivity contribution in [2.24, 2.45) is 23.5 Å². The van der Waals surface area contributed by atoms with Gasteiger partial charge in [-0.05, 0) is 39.7 Å². The number of carbonyl (C=O) groups is 4. The number of rotatable bonds is 10. The summed E-state index contributed by atoms with van der Waals surface area (Å²) in [7, 11) is 1.67. The first kappa shape index (κ1) is 26.9. The number of hydrogen-bond acceptors (Lipinski definition) is 8. The van der Waals surface area contributed by atoms with Crippen LogP contribution in [0.4, 0.5) is 0 Å². The first-order valence-corrected chi connectivity index (χ1v) is 13.7. The molecule has 11 nitrogen and oxygen atoms in total. The normalized spacial score (nSPS) is 34.4. The van der Waals surface area contributed by atoms with Crippen molar-refractivity contribution in [3.05, 3.63) is 10.6 Å². The van der Waals surface area contributed by atoms with E-state index in [1.54, 1.807) is 14.0 Å². The number of carboxylic acid groups (broad SMARTS) is 1. The first-order valence-electron chi connectivity index (χ1n) is 12.8. The first-order chi connectivity index (χ1) is 17.1. The number of β-lactam (4-membered cyclic amide) rings is 1. The molecule has 0 aromatic carbocycles. The van der Waals surface area contributed by atoms with Gasteiger partial charge < -0.3 is 37.0 Å². The summed E-state index contributed by atoms with van der Waals surface area (Å²) in [4.78, 5) is 51.7. The fourth-order valence-corrected chi connectivity index (χ4v) is 7.60. The van der Waals surface area contributed by atoms with Crippen LogP contribution in [0.5, 0.6) is 0 Å². The Morgan fingerprint density at radius 1 is 1.28 bits per heavy atom. The molecule has 0 aromatic heterocycles. The minimum Gasteiger partial charge on any atom is -0.477 e. The number of nitrogens with zero attached hydrogens (tertiary/aromatic N) is 1. The van der Waals surface area contributed by atoms with E-state index in [2.05, 4.69) is 21.3 Å². The number of thioether (sulfide) groups is 1. The van der Waals surface area contributed by atoms with Crippen LogP contribution >= 0.6 is 11.8 Å². The van der Waals surface area contributed by atoms with Crippen molar-refractivity contribution in [2.45, 2.75) is 68.9 Å². The van der Waals surface area contributed by atoms with Gasteiger partial charge >= 0.3 is 5.97 Å². The van der Waals surface area contributed by atoms with E-state index in [1.165, 1.54) is 16.7 Å². The molecule has 3 fully saturated rings. The van der Waals surface area contributed by atoms with Gasteiger partial charge in [-0.3, -0.25) is 14.4 Å². The molecule has 3 heterocycles. The average molecular weight is 523 g/mol. The molecule has 36 heavy (non-hydrogen) atoms. The van der Waals surface area contributed by atoms with E-state index in [4.69, 9.17) is 5.73 Å². The third kappa shape index (κ3) is 5.27. The number of nitrogens with two attached hydrogens (primary N) is 1. The smallest absolute Gasteiger partial charge is 0.353 e. The van der Waals surface area contributed by atoms with Gasteiger partial charge in [0.2, 0.25) is 17.7 Å². The SMILES string of the molecule is CNCC(=O)N[C@H](C)[C@H]1C(=O)N2C(C(=O)O)=C(S[C@@H]3CN[C@H](CNC(=O)[C@H]4CC[C@@H](N)C4)C3)[C@H](C)[C@H]12. The average Bonchev–Trinajstić information content (AvgIpc) is 3.50. The highest BCUT2D eigenvalue weighted by Gasteiger charge is 2.60. The monoisotopic (exact) mass is 522 g/mol. The molecule has 0 spiro atoms. The van der Waals surface area contributed by atoms with Crippen LogP contribution in [0.1, 0.15) is 39.5 Å². The molecule has 1 saturated carbocycles. The second-order valence-electron chi connectivity index (χ2n) is 10.5. The summed E-state index contributed by atoms with van der Waals surface area (Å²) in [5.74, 6) is -2.10. The lowest BCUT2D eigenvalue weighted by Gasteiger charge is -2.47. The summed E-state index contributed by atoms with van der Waals surface area (Å²) >= 11 is 1.52.